The SMILES string of the molecule is Cc1nn([C@H](C)[C@](O)(Cn2cncn2)c2ccc(F)cc2F)c2c(F)cccc12. The summed E-state index contributed by atoms with van der Waals surface area (Å²) < 4.78 is 45.5. The van der Waals surface area contributed by atoms with Crippen LogP contribution in [0.15, 0.2) is 49.1 Å². The lowest BCUT2D eigenvalue weighted by atomic mass is 9.86. The van der Waals surface area contributed by atoms with Crippen LogP contribution in [0.3, 0.4) is 0 Å². The molecule has 0 amide bonds. The van der Waals surface area contributed by atoms with Crippen molar-refractivity contribution in [2.75, 3.05) is 0 Å². The molecule has 0 radical (unpaired) electrons. The van der Waals surface area contributed by atoms with Crippen molar-refractivity contribution in [3.8, 4) is 0 Å². The van der Waals surface area contributed by atoms with Crippen LogP contribution in [-0.2, 0) is 12.1 Å². The van der Waals surface area contributed by atoms with Crippen molar-refractivity contribution in [3.05, 3.63) is 77.8 Å². The predicted octanol–water partition coefficient (Wildman–Crippen LogP) is 3.50. The second-order valence-corrected chi connectivity index (χ2v) is 6.98. The Morgan fingerprint density at radius 2 is 1.93 bits per heavy atom. The topological polar surface area (TPSA) is 68.8 Å². The normalized spacial score (nSPS) is 14.8. The number of para-hydroxylation sites is 1. The first-order valence-corrected chi connectivity index (χ1v) is 8.95. The van der Waals surface area contributed by atoms with Gasteiger partial charge in [0, 0.05) is 17.0 Å². The van der Waals surface area contributed by atoms with Gasteiger partial charge < -0.3 is 5.11 Å². The molecule has 0 spiro atoms. The molecule has 0 saturated carbocycles. The van der Waals surface area contributed by atoms with Gasteiger partial charge in [-0.2, -0.15) is 10.2 Å². The third-order valence-electron chi connectivity index (χ3n) is 5.19. The van der Waals surface area contributed by atoms with E-state index in [4.69, 9.17) is 0 Å². The van der Waals surface area contributed by atoms with Gasteiger partial charge in [-0.15, -0.1) is 0 Å². The number of aromatic nitrogens is 5. The summed E-state index contributed by atoms with van der Waals surface area (Å²) in [6.45, 7) is 3.11. The minimum Gasteiger partial charge on any atom is -0.381 e. The Labute approximate surface area is 164 Å². The molecule has 9 heteroatoms. The molecule has 0 aliphatic rings. The van der Waals surface area contributed by atoms with Crippen molar-refractivity contribution >= 4 is 10.9 Å². The Bertz CT molecular complexity index is 1170. The van der Waals surface area contributed by atoms with E-state index in [-0.39, 0.29) is 17.6 Å². The summed E-state index contributed by atoms with van der Waals surface area (Å²) in [5, 5.41) is 20.6. The first-order chi connectivity index (χ1) is 13.8. The number of aliphatic hydroxyl groups is 1. The van der Waals surface area contributed by atoms with Gasteiger partial charge >= 0.3 is 0 Å². The Morgan fingerprint density at radius 3 is 2.62 bits per heavy atom. The zero-order chi connectivity index (χ0) is 20.8. The standard InChI is InChI=1S/C20H18F3N5O/c1-12-15-4-3-5-17(22)19(15)28(26-12)13(2)20(29,9-27-11-24-10-25-27)16-7-6-14(21)8-18(16)23/h3-8,10-11,13,29H,9H2,1-2H3/t13-,20-/m1/s1. The summed E-state index contributed by atoms with van der Waals surface area (Å²) >= 11 is 0. The van der Waals surface area contributed by atoms with E-state index in [0.717, 1.165) is 6.07 Å². The number of halogens is 3. The molecule has 0 fully saturated rings. The molecule has 4 rings (SSSR count). The number of aryl methyl sites for hydroxylation is 1. The lowest BCUT2D eigenvalue weighted by molar-refractivity contribution is -0.0356. The van der Waals surface area contributed by atoms with Crippen LogP contribution >= 0.6 is 0 Å². The van der Waals surface area contributed by atoms with E-state index in [1.807, 2.05) is 0 Å². The van der Waals surface area contributed by atoms with Crippen LogP contribution in [0.4, 0.5) is 13.2 Å². The number of rotatable bonds is 5. The molecule has 0 saturated heterocycles. The van der Waals surface area contributed by atoms with Crippen LogP contribution in [0.25, 0.3) is 10.9 Å². The Morgan fingerprint density at radius 1 is 1.14 bits per heavy atom. The van der Waals surface area contributed by atoms with Crippen molar-refractivity contribution in [2.45, 2.75) is 32.0 Å². The van der Waals surface area contributed by atoms with Crippen molar-refractivity contribution in [2.24, 2.45) is 0 Å². The van der Waals surface area contributed by atoms with Crippen LogP contribution < -0.4 is 0 Å². The van der Waals surface area contributed by atoms with Crippen molar-refractivity contribution in [1.29, 1.82) is 0 Å². The molecule has 2 aromatic carbocycles. The summed E-state index contributed by atoms with van der Waals surface area (Å²) in [6, 6.07) is 6.59. The third-order valence-corrected chi connectivity index (χ3v) is 5.19. The fraction of sp³-hybridized carbons (Fsp3) is 0.250. The lowest BCUT2D eigenvalue weighted by Crippen LogP contribution is -2.41. The van der Waals surface area contributed by atoms with E-state index >= 15 is 0 Å². The molecule has 6 nitrogen and oxygen atoms in total. The third kappa shape index (κ3) is 3.17. The highest BCUT2D eigenvalue weighted by Crippen LogP contribution is 2.38. The monoisotopic (exact) mass is 401 g/mol. The van der Waals surface area contributed by atoms with Gasteiger partial charge in [-0.1, -0.05) is 18.2 Å². The van der Waals surface area contributed by atoms with Gasteiger partial charge in [-0.3, -0.25) is 4.68 Å². The van der Waals surface area contributed by atoms with E-state index in [1.54, 1.807) is 26.0 Å². The van der Waals surface area contributed by atoms with E-state index in [9.17, 15) is 18.3 Å². The zero-order valence-corrected chi connectivity index (χ0v) is 15.7. The summed E-state index contributed by atoms with van der Waals surface area (Å²) in [5.41, 5.74) is -1.33. The maximum Gasteiger partial charge on any atom is 0.149 e. The molecule has 150 valence electrons. The van der Waals surface area contributed by atoms with Gasteiger partial charge in [0.2, 0.25) is 0 Å². The Hall–Kier alpha value is -3.20. The molecular formula is C20H18F3N5O. The molecule has 2 aromatic heterocycles. The van der Waals surface area contributed by atoms with Gasteiger partial charge in [0.05, 0.1) is 18.3 Å². The molecular weight excluding hydrogens is 383 g/mol. The van der Waals surface area contributed by atoms with Crippen LogP contribution in [0.2, 0.25) is 0 Å². The maximum absolute atomic E-state index is 14.7. The molecule has 4 aromatic rings. The Kier molecular flexibility index (Phi) is 4.62. The number of nitrogens with zero attached hydrogens (tertiary/aromatic N) is 5. The highest BCUT2D eigenvalue weighted by Gasteiger charge is 2.41. The minimum absolute atomic E-state index is 0.153. The minimum atomic E-state index is -1.93. The van der Waals surface area contributed by atoms with Crippen LogP contribution in [0, 0.1) is 24.4 Å². The quantitative estimate of drug-likeness (QED) is 0.556. The van der Waals surface area contributed by atoms with Gasteiger partial charge in [0.1, 0.15) is 41.2 Å². The Balaban J connectivity index is 1.92. The average Bonchev–Trinajstić information content (AvgIpc) is 3.29. The smallest absolute Gasteiger partial charge is 0.149 e. The van der Waals surface area contributed by atoms with Crippen LogP contribution in [-0.4, -0.2) is 29.7 Å². The first-order valence-electron chi connectivity index (χ1n) is 8.95. The molecule has 0 unspecified atom stereocenters. The van der Waals surface area contributed by atoms with Gasteiger partial charge in [-0.25, -0.2) is 22.8 Å². The molecule has 1 N–H and O–H groups in total. The second kappa shape index (κ2) is 7.00. The number of hydrogen-bond acceptors (Lipinski definition) is 4. The predicted molar refractivity (Wildman–Crippen MR) is 99.4 cm³/mol. The highest BCUT2D eigenvalue weighted by molar-refractivity contribution is 5.82. The lowest BCUT2D eigenvalue weighted by Gasteiger charge is -2.35. The average molecular weight is 401 g/mol. The molecule has 2 atom stereocenters. The number of benzene rings is 2. The van der Waals surface area contributed by atoms with Crippen molar-refractivity contribution in [1.82, 2.24) is 24.5 Å². The zero-order valence-electron chi connectivity index (χ0n) is 15.7. The molecule has 0 aliphatic carbocycles. The summed E-state index contributed by atoms with van der Waals surface area (Å²) in [4.78, 5) is 3.84. The molecule has 29 heavy (non-hydrogen) atoms. The largest absolute Gasteiger partial charge is 0.381 e. The van der Waals surface area contributed by atoms with E-state index in [0.29, 0.717) is 17.1 Å². The molecule has 2 heterocycles. The van der Waals surface area contributed by atoms with E-state index in [1.165, 1.54) is 34.2 Å². The fourth-order valence-electron chi connectivity index (χ4n) is 3.63. The highest BCUT2D eigenvalue weighted by atomic mass is 19.1. The summed E-state index contributed by atoms with van der Waals surface area (Å²) in [5.74, 6) is -2.21. The van der Waals surface area contributed by atoms with Gasteiger partial charge in [0.15, 0.2) is 0 Å². The van der Waals surface area contributed by atoms with Gasteiger partial charge in [0.25, 0.3) is 0 Å². The molecule has 0 bridgehead atoms. The summed E-state index contributed by atoms with van der Waals surface area (Å²) in [6.07, 6.45) is 2.64. The fourth-order valence-corrected chi connectivity index (χ4v) is 3.63. The van der Waals surface area contributed by atoms with Crippen LogP contribution in [0.1, 0.15) is 24.2 Å². The first kappa shape index (κ1) is 19.1. The van der Waals surface area contributed by atoms with Crippen LogP contribution in [0.5, 0.6) is 0 Å². The summed E-state index contributed by atoms with van der Waals surface area (Å²) in [7, 11) is 0. The van der Waals surface area contributed by atoms with E-state index < -0.39 is 29.1 Å². The number of fused-ring (bicyclic) bond motifs is 1. The van der Waals surface area contributed by atoms with E-state index in [2.05, 4.69) is 15.2 Å². The maximum atomic E-state index is 14.7. The number of hydrogen-bond donors (Lipinski definition) is 1. The van der Waals surface area contributed by atoms with Gasteiger partial charge in [-0.05, 0) is 26.0 Å². The second-order valence-electron chi connectivity index (χ2n) is 6.98. The molecule has 0 aliphatic heterocycles. The van der Waals surface area contributed by atoms with Crippen molar-refractivity contribution < 1.29 is 18.3 Å². The van der Waals surface area contributed by atoms with Crippen molar-refractivity contribution in [3.63, 3.8) is 0 Å².